The number of carbonyl (C=O) groups excluding carboxylic acids is 1. The maximum absolute atomic E-state index is 12.4. The topological polar surface area (TPSA) is 106 Å². The Kier molecular flexibility index (Phi) is 6.05. The summed E-state index contributed by atoms with van der Waals surface area (Å²) in [5.74, 6) is 0.501. The highest BCUT2D eigenvalue weighted by molar-refractivity contribution is 5.88. The third kappa shape index (κ3) is 4.20. The molecular weight excluding hydrogens is 358 g/mol. The zero-order valence-electron chi connectivity index (χ0n) is 16.3. The number of anilines is 2. The zero-order valence-corrected chi connectivity index (χ0v) is 16.3. The third-order valence-electron chi connectivity index (χ3n) is 4.74. The van der Waals surface area contributed by atoms with Gasteiger partial charge >= 0.3 is 0 Å². The maximum Gasteiger partial charge on any atom is 0.271 e. The minimum atomic E-state index is -0.173. The molecule has 1 saturated heterocycles. The Balaban J connectivity index is 1.72. The Hall–Kier alpha value is -3.20. The molecule has 0 aromatic carbocycles. The fourth-order valence-electron chi connectivity index (χ4n) is 2.98. The van der Waals surface area contributed by atoms with E-state index >= 15 is 0 Å². The molecule has 0 atom stereocenters. The minimum Gasteiger partial charge on any atom is -0.364 e. The molecule has 3 rings (SSSR count). The van der Waals surface area contributed by atoms with Gasteiger partial charge in [-0.15, -0.1) is 0 Å². The largest absolute Gasteiger partial charge is 0.364 e. The highest BCUT2D eigenvalue weighted by Crippen LogP contribution is 2.23. The van der Waals surface area contributed by atoms with Gasteiger partial charge in [0.2, 0.25) is 11.9 Å². The van der Waals surface area contributed by atoms with Crippen molar-refractivity contribution in [2.24, 2.45) is 0 Å². The number of rotatable bonds is 7. The molecule has 28 heavy (non-hydrogen) atoms. The molecule has 1 amide bonds. The summed E-state index contributed by atoms with van der Waals surface area (Å²) in [6.45, 7) is 1.82. The lowest BCUT2D eigenvalue weighted by Crippen LogP contribution is -2.60. The van der Waals surface area contributed by atoms with Crippen LogP contribution >= 0.6 is 0 Å². The summed E-state index contributed by atoms with van der Waals surface area (Å²) in [6.07, 6.45) is 6.69. The van der Waals surface area contributed by atoms with Gasteiger partial charge in [0.15, 0.2) is 0 Å². The van der Waals surface area contributed by atoms with Crippen molar-refractivity contribution in [3.63, 3.8) is 0 Å². The van der Waals surface area contributed by atoms with E-state index in [9.17, 15) is 9.59 Å². The molecule has 0 bridgehead atoms. The van der Waals surface area contributed by atoms with Gasteiger partial charge in [0.25, 0.3) is 5.56 Å². The van der Waals surface area contributed by atoms with Crippen LogP contribution in [0, 0.1) is 0 Å². The van der Waals surface area contributed by atoms with E-state index < -0.39 is 0 Å². The molecule has 0 aliphatic carbocycles. The van der Waals surface area contributed by atoms with Crippen LogP contribution in [-0.4, -0.2) is 72.6 Å². The molecule has 9 heteroatoms. The smallest absolute Gasteiger partial charge is 0.271 e. The number of hydrogen-bond donors (Lipinski definition) is 3. The second kappa shape index (κ2) is 8.66. The van der Waals surface area contributed by atoms with Gasteiger partial charge in [-0.2, -0.15) is 0 Å². The van der Waals surface area contributed by atoms with Gasteiger partial charge in [-0.3, -0.25) is 9.59 Å². The number of nitrogens with zero attached hydrogens (tertiary/aromatic N) is 4. The van der Waals surface area contributed by atoms with Crippen molar-refractivity contribution < 1.29 is 4.79 Å². The number of aromatic nitrogens is 3. The van der Waals surface area contributed by atoms with E-state index in [1.807, 2.05) is 25.1 Å². The van der Waals surface area contributed by atoms with Crippen LogP contribution in [0.5, 0.6) is 0 Å². The Bertz CT molecular complexity index is 918. The molecule has 1 aliphatic rings. The van der Waals surface area contributed by atoms with E-state index in [-0.39, 0.29) is 17.5 Å². The third-order valence-corrected chi connectivity index (χ3v) is 4.74. The van der Waals surface area contributed by atoms with Crippen molar-refractivity contribution in [1.29, 1.82) is 0 Å². The molecule has 2 aromatic heterocycles. The summed E-state index contributed by atoms with van der Waals surface area (Å²) in [4.78, 5) is 39.4. The van der Waals surface area contributed by atoms with Crippen LogP contribution in [0.4, 0.5) is 11.6 Å². The number of likely N-dealkylation sites (tertiary alicyclic amines) is 1. The number of nitrogens with one attached hydrogen (secondary N) is 3. The van der Waals surface area contributed by atoms with E-state index in [0.29, 0.717) is 37.0 Å². The highest BCUT2D eigenvalue weighted by atomic mass is 16.2. The van der Waals surface area contributed by atoms with Crippen molar-refractivity contribution in [3.8, 4) is 11.3 Å². The number of amides is 1. The molecule has 1 aliphatic heterocycles. The molecule has 1 fully saturated rings. The lowest BCUT2D eigenvalue weighted by molar-refractivity contribution is -0.130. The Morgan fingerprint density at radius 2 is 2.21 bits per heavy atom. The molecule has 3 N–H and O–H groups in total. The lowest BCUT2D eigenvalue weighted by Gasteiger charge is -2.44. The van der Waals surface area contributed by atoms with Gasteiger partial charge < -0.3 is 25.4 Å². The van der Waals surface area contributed by atoms with Crippen LogP contribution in [0.1, 0.15) is 0 Å². The van der Waals surface area contributed by atoms with Gasteiger partial charge in [0.1, 0.15) is 5.69 Å². The van der Waals surface area contributed by atoms with Crippen LogP contribution in [0.3, 0.4) is 0 Å². The Morgan fingerprint density at radius 1 is 1.43 bits per heavy atom. The van der Waals surface area contributed by atoms with Crippen LogP contribution < -0.4 is 21.1 Å². The molecule has 0 spiro atoms. The number of H-pyrrole nitrogens is 1. The van der Waals surface area contributed by atoms with Gasteiger partial charge in [-0.1, -0.05) is 6.08 Å². The van der Waals surface area contributed by atoms with Gasteiger partial charge in [-0.25, -0.2) is 9.97 Å². The summed E-state index contributed by atoms with van der Waals surface area (Å²) in [7, 11) is 5.45. The standard InChI is InChI=1S/C19H25N7O2/c1-20-7-4-5-17(27)26-11-14(12-26)25(3)16-9-13(10-23-18(16)28)15-6-8-22-19(21-2)24-15/h4-6,8-10,14,20H,7,11-12H2,1-3H3,(H,23,28)(H,21,22,24)/b5-4+. The quantitative estimate of drug-likeness (QED) is 0.590. The number of aromatic amines is 1. The average Bonchev–Trinajstić information content (AvgIpc) is 2.67. The zero-order chi connectivity index (χ0) is 20.1. The van der Waals surface area contributed by atoms with Crippen LogP contribution in [0.25, 0.3) is 11.3 Å². The van der Waals surface area contributed by atoms with Crippen molar-refractivity contribution in [1.82, 2.24) is 25.2 Å². The second-order valence-electron chi connectivity index (χ2n) is 6.59. The van der Waals surface area contributed by atoms with Gasteiger partial charge in [-0.05, 0) is 19.2 Å². The first-order valence-corrected chi connectivity index (χ1v) is 9.10. The average molecular weight is 383 g/mol. The van der Waals surface area contributed by atoms with Gasteiger partial charge in [0, 0.05) is 57.8 Å². The summed E-state index contributed by atoms with van der Waals surface area (Å²) >= 11 is 0. The number of hydrogen-bond acceptors (Lipinski definition) is 7. The Morgan fingerprint density at radius 3 is 2.93 bits per heavy atom. The maximum atomic E-state index is 12.4. The van der Waals surface area contributed by atoms with Gasteiger partial charge in [0.05, 0.1) is 11.7 Å². The predicted molar refractivity (Wildman–Crippen MR) is 109 cm³/mol. The molecule has 0 unspecified atom stereocenters. The fourth-order valence-corrected chi connectivity index (χ4v) is 2.98. The molecule has 148 valence electrons. The fraction of sp³-hybridized carbons (Fsp3) is 0.368. The summed E-state index contributed by atoms with van der Waals surface area (Å²) < 4.78 is 0. The van der Waals surface area contributed by atoms with E-state index in [2.05, 4.69) is 25.6 Å². The van der Waals surface area contributed by atoms with Crippen molar-refractivity contribution in [2.75, 3.05) is 51.0 Å². The van der Waals surface area contributed by atoms with Crippen LogP contribution in [0.15, 0.2) is 41.5 Å². The second-order valence-corrected chi connectivity index (χ2v) is 6.59. The number of likely N-dealkylation sites (N-methyl/N-ethyl adjacent to an activating group) is 2. The van der Waals surface area contributed by atoms with E-state index in [1.165, 1.54) is 0 Å². The van der Waals surface area contributed by atoms with Crippen molar-refractivity contribution >= 4 is 17.5 Å². The Labute approximate surface area is 163 Å². The first-order valence-electron chi connectivity index (χ1n) is 9.10. The highest BCUT2D eigenvalue weighted by Gasteiger charge is 2.33. The summed E-state index contributed by atoms with van der Waals surface area (Å²) in [5.41, 5.74) is 1.88. The molecule has 2 aromatic rings. The molecule has 3 heterocycles. The monoisotopic (exact) mass is 383 g/mol. The number of carbonyl (C=O) groups is 1. The summed E-state index contributed by atoms with van der Waals surface area (Å²) in [6, 6.07) is 3.70. The minimum absolute atomic E-state index is 0.0110. The first-order chi connectivity index (χ1) is 13.5. The molecular formula is C19H25N7O2. The van der Waals surface area contributed by atoms with Crippen molar-refractivity contribution in [3.05, 3.63) is 47.0 Å². The van der Waals surface area contributed by atoms with E-state index in [1.54, 1.807) is 42.6 Å². The first kappa shape index (κ1) is 19.6. The lowest BCUT2D eigenvalue weighted by atomic mass is 10.1. The SMILES string of the molecule is CNC/C=C/C(=O)N1CC(N(C)c2cc(-c3ccnc(NC)n3)c[nH]c2=O)C1. The molecule has 0 saturated carbocycles. The molecule has 0 radical (unpaired) electrons. The predicted octanol–water partition coefficient (Wildman–Crippen LogP) is 0.296. The number of pyridine rings is 1. The summed E-state index contributed by atoms with van der Waals surface area (Å²) in [5, 5.41) is 5.87. The van der Waals surface area contributed by atoms with Crippen molar-refractivity contribution in [2.45, 2.75) is 6.04 Å². The van der Waals surface area contributed by atoms with E-state index in [4.69, 9.17) is 0 Å². The molecule has 9 nitrogen and oxygen atoms in total. The van der Waals surface area contributed by atoms with Crippen LogP contribution in [-0.2, 0) is 4.79 Å². The van der Waals surface area contributed by atoms with E-state index in [0.717, 1.165) is 5.56 Å². The normalized spacial score (nSPS) is 14.2. The van der Waals surface area contributed by atoms with Crippen LogP contribution in [0.2, 0.25) is 0 Å².